The second-order valence-corrected chi connectivity index (χ2v) is 7.70. The van der Waals surface area contributed by atoms with Crippen LogP contribution in [0.2, 0.25) is 5.02 Å². The summed E-state index contributed by atoms with van der Waals surface area (Å²) in [4.78, 5) is 26.0. The molecule has 0 radical (unpaired) electrons. The van der Waals surface area contributed by atoms with Crippen LogP contribution in [0, 0.1) is 18.6 Å². The predicted octanol–water partition coefficient (Wildman–Crippen LogP) is 5.98. The van der Waals surface area contributed by atoms with Gasteiger partial charge >= 0.3 is 0 Å². The third kappa shape index (κ3) is 4.97. The molecule has 1 amide bonds. The topological polar surface area (TPSA) is 81.4 Å². The average molecular weight is 483 g/mol. The maximum atomic E-state index is 13.9. The van der Waals surface area contributed by atoms with Gasteiger partial charge in [0.25, 0.3) is 5.91 Å². The van der Waals surface area contributed by atoms with Crippen LogP contribution in [0.15, 0.2) is 71.3 Å². The van der Waals surface area contributed by atoms with Gasteiger partial charge in [-0.1, -0.05) is 47.1 Å². The number of aryl methyl sites for hydroxylation is 1. The SMILES string of the molecule is Cc1onc(C(=O)Nc2ccc(Cl)cc2C(=O)c2ccccc2)c1COc1ccc(F)cc1F. The van der Waals surface area contributed by atoms with Gasteiger partial charge in [0, 0.05) is 22.2 Å². The summed E-state index contributed by atoms with van der Waals surface area (Å²) in [6, 6.07) is 15.9. The Bertz CT molecular complexity index is 1370. The third-order valence-electron chi connectivity index (χ3n) is 4.98. The lowest BCUT2D eigenvalue weighted by atomic mass is 10.0. The Morgan fingerprint density at radius 1 is 1.06 bits per heavy atom. The van der Waals surface area contributed by atoms with Crippen LogP contribution in [-0.4, -0.2) is 16.8 Å². The number of carbonyl (C=O) groups is 2. The molecule has 0 atom stereocenters. The number of hydrogen-bond donors (Lipinski definition) is 1. The van der Waals surface area contributed by atoms with E-state index in [2.05, 4.69) is 10.5 Å². The summed E-state index contributed by atoms with van der Waals surface area (Å²) in [6.07, 6.45) is 0. The van der Waals surface area contributed by atoms with E-state index in [-0.39, 0.29) is 46.4 Å². The minimum absolute atomic E-state index is 0.104. The van der Waals surface area contributed by atoms with Gasteiger partial charge in [0.15, 0.2) is 23.0 Å². The molecule has 9 heteroatoms. The number of rotatable bonds is 7. The zero-order chi connectivity index (χ0) is 24.2. The van der Waals surface area contributed by atoms with E-state index < -0.39 is 17.5 Å². The first-order valence-electron chi connectivity index (χ1n) is 10.1. The van der Waals surface area contributed by atoms with Gasteiger partial charge in [0.2, 0.25) is 0 Å². The van der Waals surface area contributed by atoms with Crippen molar-refractivity contribution in [1.29, 1.82) is 0 Å². The van der Waals surface area contributed by atoms with Crippen LogP contribution in [0.4, 0.5) is 14.5 Å². The minimum Gasteiger partial charge on any atom is -0.486 e. The van der Waals surface area contributed by atoms with Gasteiger partial charge in [-0.3, -0.25) is 9.59 Å². The molecule has 34 heavy (non-hydrogen) atoms. The molecule has 0 spiro atoms. The van der Waals surface area contributed by atoms with Crippen molar-refractivity contribution in [1.82, 2.24) is 5.16 Å². The first-order chi connectivity index (χ1) is 16.3. The van der Waals surface area contributed by atoms with Crippen molar-refractivity contribution in [2.45, 2.75) is 13.5 Å². The summed E-state index contributed by atoms with van der Waals surface area (Å²) in [7, 11) is 0. The fourth-order valence-electron chi connectivity index (χ4n) is 3.22. The second-order valence-electron chi connectivity index (χ2n) is 7.27. The Morgan fingerprint density at radius 2 is 1.82 bits per heavy atom. The van der Waals surface area contributed by atoms with E-state index in [4.69, 9.17) is 20.9 Å². The van der Waals surface area contributed by atoms with E-state index in [1.807, 2.05) is 0 Å². The fraction of sp³-hybridized carbons (Fsp3) is 0.0800. The molecule has 0 saturated heterocycles. The smallest absolute Gasteiger partial charge is 0.278 e. The summed E-state index contributed by atoms with van der Waals surface area (Å²) in [5.74, 6) is -2.53. The molecule has 0 unspecified atom stereocenters. The van der Waals surface area contributed by atoms with Crippen LogP contribution in [-0.2, 0) is 6.61 Å². The standard InChI is InChI=1S/C25H17ClF2N2O4/c1-14-19(13-33-22-10-8-17(27)12-20(22)28)23(30-34-14)25(32)29-21-9-7-16(26)11-18(21)24(31)15-5-3-2-4-6-15/h2-12H,13H2,1H3,(H,29,32). The number of ether oxygens (including phenoxy) is 1. The number of benzene rings is 3. The van der Waals surface area contributed by atoms with Gasteiger partial charge in [-0.05, 0) is 37.3 Å². The van der Waals surface area contributed by atoms with Crippen molar-refractivity contribution in [2.24, 2.45) is 0 Å². The Kier molecular flexibility index (Phi) is 6.70. The highest BCUT2D eigenvalue weighted by Gasteiger charge is 2.23. The molecule has 0 fully saturated rings. The fourth-order valence-corrected chi connectivity index (χ4v) is 3.39. The van der Waals surface area contributed by atoms with Crippen molar-refractivity contribution >= 4 is 29.0 Å². The average Bonchev–Trinajstić information content (AvgIpc) is 3.20. The molecule has 4 rings (SSSR count). The lowest BCUT2D eigenvalue weighted by molar-refractivity contribution is 0.101. The second kappa shape index (κ2) is 9.84. The number of amides is 1. The van der Waals surface area contributed by atoms with E-state index in [0.717, 1.165) is 12.1 Å². The predicted molar refractivity (Wildman–Crippen MR) is 121 cm³/mol. The molecule has 0 saturated carbocycles. The third-order valence-corrected chi connectivity index (χ3v) is 5.21. The molecule has 6 nitrogen and oxygen atoms in total. The normalized spacial score (nSPS) is 10.7. The zero-order valence-corrected chi connectivity index (χ0v) is 18.5. The van der Waals surface area contributed by atoms with Gasteiger partial charge in [-0.25, -0.2) is 8.78 Å². The number of carbonyl (C=O) groups excluding carboxylic acids is 2. The number of aromatic nitrogens is 1. The first kappa shape index (κ1) is 23.1. The quantitative estimate of drug-likeness (QED) is 0.328. The molecule has 0 aliphatic rings. The molecule has 4 aromatic rings. The summed E-state index contributed by atoms with van der Waals surface area (Å²) in [5, 5.41) is 6.76. The number of nitrogens with one attached hydrogen (secondary N) is 1. The van der Waals surface area contributed by atoms with Crippen molar-refractivity contribution < 1.29 is 27.6 Å². The monoisotopic (exact) mass is 482 g/mol. The number of hydrogen-bond acceptors (Lipinski definition) is 5. The molecule has 172 valence electrons. The Hall–Kier alpha value is -4.04. The molecule has 0 aliphatic carbocycles. The molecule has 1 heterocycles. The molecule has 0 aliphatic heterocycles. The number of ketones is 1. The Morgan fingerprint density at radius 3 is 2.56 bits per heavy atom. The van der Waals surface area contributed by atoms with E-state index in [0.29, 0.717) is 16.7 Å². The minimum atomic E-state index is -0.884. The van der Waals surface area contributed by atoms with Gasteiger partial charge in [-0.15, -0.1) is 0 Å². The van der Waals surface area contributed by atoms with E-state index in [1.165, 1.54) is 18.2 Å². The maximum Gasteiger partial charge on any atom is 0.278 e. The lowest BCUT2D eigenvalue weighted by Gasteiger charge is -2.11. The summed E-state index contributed by atoms with van der Waals surface area (Å²) in [6.45, 7) is 1.31. The van der Waals surface area contributed by atoms with Crippen molar-refractivity contribution in [3.63, 3.8) is 0 Å². The van der Waals surface area contributed by atoms with Crippen LogP contribution >= 0.6 is 11.6 Å². The molecular weight excluding hydrogens is 466 g/mol. The number of anilines is 1. The van der Waals surface area contributed by atoms with Gasteiger partial charge in [-0.2, -0.15) is 0 Å². The molecule has 1 N–H and O–H groups in total. The van der Waals surface area contributed by atoms with Crippen LogP contribution in [0.1, 0.15) is 37.7 Å². The van der Waals surface area contributed by atoms with Crippen molar-refractivity contribution in [3.05, 3.63) is 112 Å². The van der Waals surface area contributed by atoms with Crippen LogP contribution in [0.25, 0.3) is 0 Å². The first-order valence-corrected chi connectivity index (χ1v) is 10.4. The molecular formula is C25H17ClF2N2O4. The molecule has 0 bridgehead atoms. The van der Waals surface area contributed by atoms with Crippen LogP contribution in [0.5, 0.6) is 5.75 Å². The van der Waals surface area contributed by atoms with Gasteiger partial charge in [0.05, 0.1) is 11.3 Å². The highest BCUT2D eigenvalue weighted by Crippen LogP contribution is 2.26. The Balaban J connectivity index is 1.58. The highest BCUT2D eigenvalue weighted by atomic mass is 35.5. The van der Waals surface area contributed by atoms with Crippen LogP contribution < -0.4 is 10.1 Å². The largest absolute Gasteiger partial charge is 0.486 e. The van der Waals surface area contributed by atoms with Gasteiger partial charge < -0.3 is 14.6 Å². The Labute approximate surface area is 198 Å². The molecule has 1 aromatic heterocycles. The summed E-state index contributed by atoms with van der Waals surface area (Å²) in [5.41, 5.74) is 1.01. The van der Waals surface area contributed by atoms with E-state index in [1.54, 1.807) is 37.3 Å². The van der Waals surface area contributed by atoms with Crippen molar-refractivity contribution in [3.8, 4) is 5.75 Å². The number of halogens is 3. The molecule has 3 aromatic carbocycles. The summed E-state index contributed by atoms with van der Waals surface area (Å²) < 4.78 is 37.5. The number of nitrogens with zero attached hydrogens (tertiary/aromatic N) is 1. The highest BCUT2D eigenvalue weighted by molar-refractivity contribution is 6.31. The lowest BCUT2D eigenvalue weighted by Crippen LogP contribution is -2.18. The van der Waals surface area contributed by atoms with E-state index in [9.17, 15) is 18.4 Å². The van der Waals surface area contributed by atoms with Crippen molar-refractivity contribution in [2.75, 3.05) is 5.32 Å². The zero-order valence-electron chi connectivity index (χ0n) is 17.8. The van der Waals surface area contributed by atoms with Gasteiger partial charge in [0.1, 0.15) is 18.2 Å². The van der Waals surface area contributed by atoms with Crippen LogP contribution in [0.3, 0.4) is 0 Å². The maximum absolute atomic E-state index is 13.9. The summed E-state index contributed by atoms with van der Waals surface area (Å²) >= 11 is 6.09. The van der Waals surface area contributed by atoms with E-state index >= 15 is 0 Å².